The number of nitrogens with one attached hydrogen (secondary N) is 1. The molecule has 0 aliphatic rings. The number of rotatable bonds is 4. The van der Waals surface area contributed by atoms with E-state index in [2.05, 4.69) is 10.5 Å². The summed E-state index contributed by atoms with van der Waals surface area (Å²) in [5.41, 5.74) is 2.38. The van der Waals surface area contributed by atoms with E-state index in [4.69, 9.17) is 4.52 Å². The predicted molar refractivity (Wildman–Crippen MR) is 66.4 cm³/mol. The average Bonchev–Trinajstić information content (AvgIpc) is 2.72. The Kier molecular flexibility index (Phi) is 3.27. The molecular formula is C12H13N3O3. The minimum absolute atomic E-state index is 0.121. The molecule has 18 heavy (non-hydrogen) atoms. The maximum Gasteiger partial charge on any atom is 0.272 e. The van der Waals surface area contributed by atoms with Crippen molar-refractivity contribution in [2.24, 2.45) is 0 Å². The number of aryl methyl sites for hydroxylation is 2. The fourth-order valence-electron chi connectivity index (χ4n) is 1.66. The van der Waals surface area contributed by atoms with Crippen LogP contribution < -0.4 is 5.32 Å². The Morgan fingerprint density at radius 3 is 2.72 bits per heavy atom. The monoisotopic (exact) mass is 247 g/mol. The van der Waals surface area contributed by atoms with Crippen molar-refractivity contribution in [3.8, 4) is 0 Å². The van der Waals surface area contributed by atoms with Crippen LogP contribution in [0.3, 0.4) is 0 Å². The molecule has 0 aliphatic heterocycles. The van der Waals surface area contributed by atoms with Crippen LogP contribution in [0.1, 0.15) is 17.0 Å². The highest BCUT2D eigenvalue weighted by Gasteiger charge is 2.10. The van der Waals surface area contributed by atoms with Gasteiger partial charge in [-0.15, -0.1) is 0 Å². The molecule has 0 unspecified atom stereocenters. The Morgan fingerprint density at radius 1 is 1.39 bits per heavy atom. The van der Waals surface area contributed by atoms with Crippen molar-refractivity contribution in [1.29, 1.82) is 0 Å². The second-order valence-electron chi connectivity index (χ2n) is 4.05. The second-order valence-corrected chi connectivity index (χ2v) is 4.05. The highest BCUT2D eigenvalue weighted by atomic mass is 16.6. The maximum atomic E-state index is 10.7. The van der Waals surface area contributed by atoms with Crippen LogP contribution >= 0.6 is 0 Å². The van der Waals surface area contributed by atoms with Crippen molar-refractivity contribution in [2.75, 3.05) is 5.32 Å². The summed E-state index contributed by atoms with van der Waals surface area (Å²) in [6.07, 6.45) is 0. The van der Waals surface area contributed by atoms with E-state index in [1.807, 2.05) is 13.0 Å². The van der Waals surface area contributed by atoms with Crippen LogP contribution in [0, 0.1) is 24.0 Å². The van der Waals surface area contributed by atoms with Gasteiger partial charge < -0.3 is 9.84 Å². The van der Waals surface area contributed by atoms with Gasteiger partial charge in [0, 0.05) is 23.4 Å². The first-order valence-electron chi connectivity index (χ1n) is 5.47. The standard InChI is InChI=1S/C12H13N3O3/c1-8-5-10(3-4-12(8)15(16)17)13-7-11-6-9(2)14-18-11/h3-6,13H,7H2,1-2H3. The number of benzene rings is 1. The summed E-state index contributed by atoms with van der Waals surface area (Å²) in [6, 6.07) is 6.74. The van der Waals surface area contributed by atoms with Gasteiger partial charge >= 0.3 is 0 Å². The van der Waals surface area contributed by atoms with Gasteiger partial charge in [-0.05, 0) is 26.0 Å². The van der Waals surface area contributed by atoms with E-state index in [0.717, 1.165) is 17.1 Å². The van der Waals surface area contributed by atoms with Crippen LogP contribution in [0.2, 0.25) is 0 Å². The third kappa shape index (κ3) is 2.65. The van der Waals surface area contributed by atoms with Gasteiger partial charge in [0.15, 0.2) is 5.76 Å². The molecule has 0 saturated carbocycles. The fourth-order valence-corrected chi connectivity index (χ4v) is 1.66. The smallest absolute Gasteiger partial charge is 0.272 e. The average molecular weight is 247 g/mol. The maximum absolute atomic E-state index is 10.7. The largest absolute Gasteiger partial charge is 0.378 e. The summed E-state index contributed by atoms with van der Waals surface area (Å²) in [6.45, 7) is 4.06. The van der Waals surface area contributed by atoms with Gasteiger partial charge in [0.05, 0.1) is 17.2 Å². The fraction of sp³-hybridized carbons (Fsp3) is 0.250. The molecule has 1 aromatic carbocycles. The van der Waals surface area contributed by atoms with Crippen molar-refractivity contribution in [3.63, 3.8) is 0 Å². The zero-order valence-corrected chi connectivity index (χ0v) is 10.1. The van der Waals surface area contributed by atoms with Gasteiger partial charge in [0.1, 0.15) is 0 Å². The molecule has 94 valence electrons. The van der Waals surface area contributed by atoms with Crippen molar-refractivity contribution in [1.82, 2.24) is 5.16 Å². The lowest BCUT2D eigenvalue weighted by molar-refractivity contribution is -0.385. The number of hydrogen-bond acceptors (Lipinski definition) is 5. The van der Waals surface area contributed by atoms with E-state index >= 15 is 0 Å². The van der Waals surface area contributed by atoms with Gasteiger partial charge in [0.2, 0.25) is 0 Å². The summed E-state index contributed by atoms with van der Waals surface area (Å²) >= 11 is 0. The van der Waals surface area contributed by atoms with Crippen molar-refractivity contribution < 1.29 is 9.45 Å². The van der Waals surface area contributed by atoms with Gasteiger partial charge in [-0.3, -0.25) is 10.1 Å². The summed E-state index contributed by atoms with van der Waals surface area (Å²) in [5.74, 6) is 0.725. The van der Waals surface area contributed by atoms with E-state index in [1.165, 1.54) is 6.07 Å². The van der Waals surface area contributed by atoms with Gasteiger partial charge in [-0.1, -0.05) is 5.16 Å². The number of hydrogen-bond donors (Lipinski definition) is 1. The van der Waals surface area contributed by atoms with Crippen LogP contribution in [-0.2, 0) is 6.54 Å². The Bertz CT molecular complexity index is 578. The molecule has 0 atom stereocenters. The molecule has 0 bridgehead atoms. The van der Waals surface area contributed by atoms with E-state index in [0.29, 0.717) is 12.1 Å². The lowest BCUT2D eigenvalue weighted by Gasteiger charge is -2.05. The molecule has 1 N–H and O–H groups in total. The summed E-state index contributed by atoms with van der Waals surface area (Å²) in [7, 11) is 0. The third-order valence-corrected chi connectivity index (χ3v) is 2.54. The first kappa shape index (κ1) is 12.1. The minimum atomic E-state index is -0.390. The number of nitrogens with zero attached hydrogens (tertiary/aromatic N) is 2. The van der Waals surface area contributed by atoms with Gasteiger partial charge in [-0.25, -0.2) is 0 Å². The number of nitro groups is 1. The molecular weight excluding hydrogens is 234 g/mol. The number of aromatic nitrogens is 1. The van der Waals surface area contributed by atoms with Gasteiger partial charge in [0.25, 0.3) is 5.69 Å². The SMILES string of the molecule is Cc1cc(CNc2ccc([N+](=O)[O-])c(C)c2)on1. The van der Waals surface area contributed by atoms with Crippen molar-refractivity contribution in [3.05, 3.63) is 51.4 Å². The number of nitro benzene ring substituents is 1. The van der Waals surface area contributed by atoms with Crippen LogP contribution in [0.5, 0.6) is 0 Å². The van der Waals surface area contributed by atoms with Crippen LogP contribution in [0.25, 0.3) is 0 Å². The quantitative estimate of drug-likeness (QED) is 0.663. The van der Waals surface area contributed by atoms with E-state index < -0.39 is 0 Å². The zero-order valence-electron chi connectivity index (χ0n) is 10.1. The topological polar surface area (TPSA) is 81.2 Å². The van der Waals surface area contributed by atoms with E-state index in [9.17, 15) is 10.1 Å². The predicted octanol–water partition coefficient (Wildman–Crippen LogP) is 2.81. The zero-order chi connectivity index (χ0) is 13.1. The van der Waals surface area contributed by atoms with Gasteiger partial charge in [-0.2, -0.15) is 0 Å². The molecule has 6 heteroatoms. The second kappa shape index (κ2) is 4.87. The molecule has 0 radical (unpaired) electrons. The Hall–Kier alpha value is -2.37. The van der Waals surface area contributed by atoms with E-state index in [-0.39, 0.29) is 10.6 Å². The summed E-state index contributed by atoms with van der Waals surface area (Å²) in [5, 5.41) is 17.6. The molecule has 1 heterocycles. The Balaban J connectivity index is 2.06. The lowest BCUT2D eigenvalue weighted by atomic mass is 10.2. The molecule has 2 aromatic rings. The van der Waals surface area contributed by atoms with Crippen molar-refractivity contribution in [2.45, 2.75) is 20.4 Å². The van der Waals surface area contributed by atoms with E-state index in [1.54, 1.807) is 19.1 Å². The molecule has 0 saturated heterocycles. The molecule has 0 amide bonds. The molecule has 0 fully saturated rings. The highest BCUT2D eigenvalue weighted by molar-refractivity contribution is 5.53. The first-order valence-corrected chi connectivity index (χ1v) is 5.47. The minimum Gasteiger partial charge on any atom is -0.378 e. The van der Waals surface area contributed by atoms with Crippen LogP contribution in [0.4, 0.5) is 11.4 Å². The lowest BCUT2D eigenvalue weighted by Crippen LogP contribution is -1.99. The Labute approximate surface area is 104 Å². The number of anilines is 1. The summed E-state index contributed by atoms with van der Waals surface area (Å²) in [4.78, 5) is 10.3. The summed E-state index contributed by atoms with van der Waals surface area (Å²) < 4.78 is 5.06. The highest BCUT2D eigenvalue weighted by Crippen LogP contribution is 2.21. The van der Waals surface area contributed by atoms with Crippen LogP contribution in [0.15, 0.2) is 28.8 Å². The van der Waals surface area contributed by atoms with Crippen molar-refractivity contribution >= 4 is 11.4 Å². The normalized spacial score (nSPS) is 10.3. The van der Waals surface area contributed by atoms with Crippen LogP contribution in [-0.4, -0.2) is 10.1 Å². The molecule has 2 rings (SSSR count). The Morgan fingerprint density at radius 2 is 2.17 bits per heavy atom. The first-order chi connectivity index (χ1) is 8.56. The molecule has 6 nitrogen and oxygen atoms in total. The molecule has 1 aromatic heterocycles. The molecule has 0 spiro atoms. The third-order valence-electron chi connectivity index (χ3n) is 2.54. The molecule has 0 aliphatic carbocycles.